The van der Waals surface area contributed by atoms with Crippen molar-refractivity contribution in [2.45, 2.75) is 20.4 Å². The summed E-state index contributed by atoms with van der Waals surface area (Å²) in [5, 5.41) is 6.10. The van der Waals surface area contributed by atoms with E-state index in [-0.39, 0.29) is 5.91 Å². The molecule has 0 aliphatic heterocycles. The van der Waals surface area contributed by atoms with Crippen LogP contribution in [0.25, 0.3) is 0 Å². The van der Waals surface area contributed by atoms with E-state index in [1.54, 1.807) is 6.20 Å². The molecule has 0 saturated heterocycles. The summed E-state index contributed by atoms with van der Waals surface area (Å²) in [6.45, 7) is 5.14. The Morgan fingerprint density at radius 1 is 1.30 bits per heavy atom. The van der Waals surface area contributed by atoms with Gasteiger partial charge in [-0.1, -0.05) is 0 Å². The van der Waals surface area contributed by atoms with Crippen molar-refractivity contribution in [2.24, 2.45) is 0 Å². The van der Waals surface area contributed by atoms with Crippen LogP contribution < -0.4 is 10.6 Å². The number of carbonyl (C=O) groups is 1. The topological polar surface area (TPSA) is 66.9 Å². The van der Waals surface area contributed by atoms with Crippen LogP contribution >= 0.6 is 0 Å². The average Bonchev–Trinajstić information content (AvgIpc) is 2.47. The summed E-state index contributed by atoms with van der Waals surface area (Å²) in [6, 6.07) is 7.49. The Morgan fingerprint density at radius 3 is 2.80 bits per heavy atom. The lowest BCUT2D eigenvalue weighted by Gasteiger charge is -2.10. The number of benzene rings is 1. The number of nitrogens with one attached hydrogen (secondary N) is 2. The van der Waals surface area contributed by atoms with Gasteiger partial charge in [-0.05, 0) is 43.7 Å². The summed E-state index contributed by atoms with van der Waals surface area (Å²) in [5.41, 5.74) is 3.63. The summed E-state index contributed by atoms with van der Waals surface area (Å²) >= 11 is 0. The quantitative estimate of drug-likeness (QED) is 0.873. The van der Waals surface area contributed by atoms with Crippen molar-refractivity contribution < 1.29 is 4.79 Å². The molecule has 0 aliphatic rings. The van der Waals surface area contributed by atoms with Crippen molar-refractivity contribution in [3.05, 3.63) is 53.6 Å². The van der Waals surface area contributed by atoms with E-state index in [0.29, 0.717) is 18.7 Å². The Kier molecular flexibility index (Phi) is 4.65. The minimum Gasteiger partial charge on any atom is -0.379 e. The minimum absolute atomic E-state index is 0.0436. The average molecular weight is 270 g/mol. The summed E-state index contributed by atoms with van der Waals surface area (Å²) in [4.78, 5) is 19.8. The number of aryl methyl sites for hydroxylation is 1. The van der Waals surface area contributed by atoms with Crippen LogP contribution in [0.2, 0.25) is 0 Å². The van der Waals surface area contributed by atoms with Gasteiger partial charge in [-0.15, -0.1) is 0 Å². The van der Waals surface area contributed by atoms with Gasteiger partial charge >= 0.3 is 0 Å². The van der Waals surface area contributed by atoms with Gasteiger partial charge < -0.3 is 10.6 Å². The van der Waals surface area contributed by atoms with Gasteiger partial charge in [-0.3, -0.25) is 4.79 Å². The fraction of sp³-hybridized carbons (Fsp3) is 0.267. The molecule has 0 bridgehead atoms. The molecule has 2 rings (SSSR count). The Balaban J connectivity index is 2.04. The lowest BCUT2D eigenvalue weighted by Crippen LogP contribution is -2.22. The molecule has 0 unspecified atom stereocenters. The van der Waals surface area contributed by atoms with Crippen LogP contribution in [-0.2, 0) is 6.54 Å². The molecule has 0 spiro atoms. The van der Waals surface area contributed by atoms with Crippen molar-refractivity contribution in [1.82, 2.24) is 15.3 Å². The second-order valence-corrected chi connectivity index (χ2v) is 4.44. The minimum atomic E-state index is -0.0436. The molecule has 5 nitrogen and oxygen atoms in total. The highest BCUT2D eigenvalue weighted by molar-refractivity contribution is 5.94. The van der Waals surface area contributed by atoms with E-state index in [1.807, 2.05) is 38.1 Å². The molecule has 0 atom stereocenters. The van der Waals surface area contributed by atoms with E-state index in [9.17, 15) is 4.79 Å². The highest BCUT2D eigenvalue weighted by atomic mass is 16.1. The lowest BCUT2D eigenvalue weighted by atomic mass is 10.1. The third-order valence-electron chi connectivity index (χ3n) is 2.93. The summed E-state index contributed by atoms with van der Waals surface area (Å²) in [6.07, 6.45) is 3.25. The number of anilines is 1. The van der Waals surface area contributed by atoms with Crippen LogP contribution in [0.5, 0.6) is 0 Å². The number of aromatic nitrogens is 2. The van der Waals surface area contributed by atoms with Crippen molar-refractivity contribution >= 4 is 11.6 Å². The molecule has 0 fully saturated rings. The molecular formula is C15H18N4O. The van der Waals surface area contributed by atoms with Crippen LogP contribution in [0, 0.1) is 6.92 Å². The first-order valence-corrected chi connectivity index (χ1v) is 6.58. The fourth-order valence-corrected chi connectivity index (χ4v) is 1.87. The summed E-state index contributed by atoms with van der Waals surface area (Å²) in [7, 11) is 0. The highest BCUT2D eigenvalue weighted by Crippen LogP contribution is 2.17. The van der Waals surface area contributed by atoms with E-state index in [0.717, 1.165) is 16.9 Å². The van der Waals surface area contributed by atoms with Gasteiger partial charge in [0.05, 0.1) is 12.2 Å². The van der Waals surface area contributed by atoms with E-state index in [4.69, 9.17) is 0 Å². The van der Waals surface area contributed by atoms with Crippen LogP contribution in [0.1, 0.15) is 28.5 Å². The number of hydrogen-bond acceptors (Lipinski definition) is 4. The van der Waals surface area contributed by atoms with Gasteiger partial charge in [0.2, 0.25) is 0 Å². The number of nitrogens with zero attached hydrogens (tertiary/aromatic N) is 2. The molecule has 1 aromatic carbocycles. The van der Waals surface area contributed by atoms with E-state index >= 15 is 0 Å². The first-order chi connectivity index (χ1) is 9.70. The molecule has 5 heteroatoms. The first-order valence-electron chi connectivity index (χ1n) is 6.58. The Bertz CT molecular complexity index is 584. The Labute approximate surface area is 118 Å². The van der Waals surface area contributed by atoms with Gasteiger partial charge in [-0.2, -0.15) is 0 Å². The predicted molar refractivity (Wildman–Crippen MR) is 78.5 cm³/mol. The molecule has 1 heterocycles. The number of rotatable bonds is 5. The second kappa shape index (κ2) is 6.65. The second-order valence-electron chi connectivity index (χ2n) is 4.44. The maximum atomic E-state index is 11.7. The van der Waals surface area contributed by atoms with Gasteiger partial charge in [0.15, 0.2) is 0 Å². The van der Waals surface area contributed by atoms with Crippen LogP contribution in [0.4, 0.5) is 5.69 Å². The van der Waals surface area contributed by atoms with Gasteiger partial charge in [0.1, 0.15) is 6.33 Å². The van der Waals surface area contributed by atoms with Gasteiger partial charge in [0, 0.05) is 24.0 Å². The molecule has 2 N–H and O–H groups in total. The number of amides is 1. The smallest absolute Gasteiger partial charge is 0.251 e. The van der Waals surface area contributed by atoms with Crippen molar-refractivity contribution in [3.8, 4) is 0 Å². The standard InChI is InChI=1S/C15H18N4O/c1-3-17-15(20)12-4-5-14(11(2)8-12)18-9-13-6-7-16-10-19-13/h4-8,10,18H,3,9H2,1-2H3,(H,17,20). The first kappa shape index (κ1) is 14.0. The zero-order chi connectivity index (χ0) is 14.4. The molecule has 1 aromatic heterocycles. The van der Waals surface area contributed by atoms with Crippen molar-refractivity contribution in [2.75, 3.05) is 11.9 Å². The molecule has 0 aliphatic carbocycles. The van der Waals surface area contributed by atoms with Crippen LogP contribution in [-0.4, -0.2) is 22.4 Å². The van der Waals surface area contributed by atoms with Crippen LogP contribution in [0.3, 0.4) is 0 Å². The third kappa shape index (κ3) is 3.54. The molecule has 0 saturated carbocycles. The maximum Gasteiger partial charge on any atom is 0.251 e. The van der Waals surface area contributed by atoms with Crippen molar-refractivity contribution in [1.29, 1.82) is 0 Å². The molecule has 104 valence electrons. The summed E-state index contributed by atoms with van der Waals surface area (Å²) in [5.74, 6) is -0.0436. The van der Waals surface area contributed by atoms with Crippen molar-refractivity contribution in [3.63, 3.8) is 0 Å². The highest BCUT2D eigenvalue weighted by Gasteiger charge is 2.06. The zero-order valence-corrected chi connectivity index (χ0v) is 11.7. The van der Waals surface area contributed by atoms with Gasteiger partial charge in [0.25, 0.3) is 5.91 Å². The molecule has 0 radical (unpaired) electrons. The predicted octanol–water partition coefficient (Wildman–Crippen LogP) is 2.15. The van der Waals surface area contributed by atoms with E-state index < -0.39 is 0 Å². The molecule has 20 heavy (non-hydrogen) atoms. The fourth-order valence-electron chi connectivity index (χ4n) is 1.87. The van der Waals surface area contributed by atoms with Crippen LogP contribution in [0.15, 0.2) is 36.8 Å². The maximum absolute atomic E-state index is 11.7. The lowest BCUT2D eigenvalue weighted by molar-refractivity contribution is 0.0956. The normalized spacial score (nSPS) is 10.1. The zero-order valence-electron chi connectivity index (χ0n) is 11.7. The number of carbonyl (C=O) groups excluding carboxylic acids is 1. The van der Waals surface area contributed by atoms with E-state index in [1.165, 1.54) is 6.33 Å². The third-order valence-corrected chi connectivity index (χ3v) is 2.93. The van der Waals surface area contributed by atoms with E-state index in [2.05, 4.69) is 20.6 Å². The Morgan fingerprint density at radius 2 is 2.15 bits per heavy atom. The van der Waals surface area contributed by atoms with Gasteiger partial charge in [-0.25, -0.2) is 9.97 Å². The molecular weight excluding hydrogens is 252 g/mol. The monoisotopic (exact) mass is 270 g/mol. The Hall–Kier alpha value is -2.43. The number of hydrogen-bond donors (Lipinski definition) is 2. The summed E-state index contributed by atoms with van der Waals surface area (Å²) < 4.78 is 0. The molecule has 2 aromatic rings. The SMILES string of the molecule is CCNC(=O)c1ccc(NCc2ccncn2)c(C)c1. The molecule has 1 amide bonds. The largest absolute Gasteiger partial charge is 0.379 e.